The standard InChI is InChI=1S/C13H12F5N3/c1-8-4-9(2-3-11(8)19)6-21-7-10(5-20-21)12(14,15)13(16,17)18/h2-5,7H,6,19H2,1H3. The zero-order chi connectivity index (χ0) is 15.8. The van der Waals surface area contributed by atoms with Gasteiger partial charge in [0.15, 0.2) is 0 Å². The summed E-state index contributed by atoms with van der Waals surface area (Å²) >= 11 is 0. The van der Waals surface area contributed by atoms with Crippen molar-refractivity contribution in [3.63, 3.8) is 0 Å². The monoisotopic (exact) mass is 305 g/mol. The fraction of sp³-hybridized carbons (Fsp3) is 0.308. The summed E-state index contributed by atoms with van der Waals surface area (Å²) in [4.78, 5) is 0. The first-order valence-corrected chi connectivity index (χ1v) is 5.94. The van der Waals surface area contributed by atoms with Gasteiger partial charge in [-0.3, -0.25) is 4.68 Å². The molecule has 0 unspecified atom stereocenters. The SMILES string of the molecule is Cc1cc(Cn2cc(C(F)(F)C(F)(F)F)cn2)ccc1N. The molecule has 0 atom stereocenters. The normalized spacial score (nSPS) is 12.7. The Hall–Kier alpha value is -2.12. The van der Waals surface area contributed by atoms with Gasteiger partial charge in [-0.15, -0.1) is 0 Å². The van der Waals surface area contributed by atoms with Gasteiger partial charge in [0.05, 0.1) is 18.3 Å². The van der Waals surface area contributed by atoms with Gasteiger partial charge < -0.3 is 5.73 Å². The van der Waals surface area contributed by atoms with Crippen molar-refractivity contribution in [2.45, 2.75) is 25.6 Å². The van der Waals surface area contributed by atoms with Crippen LogP contribution in [0.1, 0.15) is 16.7 Å². The molecule has 2 N–H and O–H groups in total. The molecule has 2 aromatic rings. The molecule has 0 bridgehead atoms. The Labute approximate surface area is 117 Å². The van der Waals surface area contributed by atoms with E-state index in [9.17, 15) is 22.0 Å². The molecule has 0 fully saturated rings. The molecule has 3 nitrogen and oxygen atoms in total. The van der Waals surface area contributed by atoms with E-state index in [0.29, 0.717) is 23.6 Å². The Morgan fingerprint density at radius 1 is 1.19 bits per heavy atom. The summed E-state index contributed by atoms with van der Waals surface area (Å²) in [6.07, 6.45) is -4.42. The molecule has 2 rings (SSSR count). The van der Waals surface area contributed by atoms with Crippen LogP contribution in [-0.4, -0.2) is 16.0 Å². The largest absolute Gasteiger partial charge is 0.458 e. The highest BCUT2D eigenvalue weighted by atomic mass is 19.4. The Morgan fingerprint density at radius 2 is 1.86 bits per heavy atom. The summed E-state index contributed by atoms with van der Waals surface area (Å²) in [7, 11) is 0. The summed E-state index contributed by atoms with van der Waals surface area (Å²) in [6, 6.07) is 5.02. The molecule has 0 spiro atoms. The second kappa shape index (κ2) is 5.01. The van der Waals surface area contributed by atoms with E-state index >= 15 is 0 Å². The van der Waals surface area contributed by atoms with Crippen molar-refractivity contribution in [1.29, 1.82) is 0 Å². The molecule has 114 valence electrons. The van der Waals surface area contributed by atoms with Crippen LogP contribution in [0.2, 0.25) is 0 Å². The molecule has 1 aromatic heterocycles. The third-order valence-corrected chi connectivity index (χ3v) is 3.03. The molecule has 0 saturated heterocycles. The number of nitrogen functional groups attached to an aromatic ring is 1. The maximum absolute atomic E-state index is 13.1. The molecule has 0 radical (unpaired) electrons. The minimum absolute atomic E-state index is 0.0784. The van der Waals surface area contributed by atoms with Crippen LogP contribution in [0.5, 0.6) is 0 Å². The number of hydrogen-bond donors (Lipinski definition) is 1. The number of anilines is 1. The average Bonchev–Trinajstić information content (AvgIpc) is 2.81. The van der Waals surface area contributed by atoms with Crippen LogP contribution in [0.25, 0.3) is 0 Å². The Morgan fingerprint density at radius 3 is 2.43 bits per heavy atom. The first kappa shape index (κ1) is 15.3. The second-order valence-electron chi connectivity index (χ2n) is 4.69. The molecule has 0 aliphatic carbocycles. The van der Waals surface area contributed by atoms with E-state index in [1.165, 1.54) is 0 Å². The maximum Gasteiger partial charge on any atom is 0.458 e. The molecule has 0 amide bonds. The second-order valence-corrected chi connectivity index (χ2v) is 4.69. The van der Waals surface area contributed by atoms with E-state index < -0.39 is 17.7 Å². The topological polar surface area (TPSA) is 43.8 Å². The van der Waals surface area contributed by atoms with Gasteiger partial charge in [-0.25, -0.2) is 0 Å². The molecular weight excluding hydrogens is 293 g/mol. The van der Waals surface area contributed by atoms with Crippen LogP contribution >= 0.6 is 0 Å². The molecule has 0 saturated carbocycles. The third kappa shape index (κ3) is 2.98. The van der Waals surface area contributed by atoms with Gasteiger partial charge in [0, 0.05) is 11.9 Å². The van der Waals surface area contributed by atoms with Crippen molar-refractivity contribution in [1.82, 2.24) is 9.78 Å². The lowest BCUT2D eigenvalue weighted by molar-refractivity contribution is -0.289. The number of alkyl halides is 5. The molecule has 21 heavy (non-hydrogen) atoms. The van der Waals surface area contributed by atoms with E-state index in [2.05, 4.69) is 5.10 Å². The summed E-state index contributed by atoms with van der Waals surface area (Å²) < 4.78 is 64.1. The van der Waals surface area contributed by atoms with Gasteiger partial charge >= 0.3 is 12.1 Å². The highest BCUT2D eigenvalue weighted by Gasteiger charge is 2.59. The number of rotatable bonds is 3. The lowest BCUT2D eigenvalue weighted by Gasteiger charge is -2.17. The zero-order valence-corrected chi connectivity index (χ0v) is 11.0. The fourth-order valence-corrected chi connectivity index (χ4v) is 1.80. The van der Waals surface area contributed by atoms with Crippen LogP contribution in [0, 0.1) is 6.92 Å². The molecule has 8 heteroatoms. The van der Waals surface area contributed by atoms with Crippen molar-refractivity contribution in [3.05, 3.63) is 47.3 Å². The van der Waals surface area contributed by atoms with E-state index in [0.717, 1.165) is 10.2 Å². The highest BCUT2D eigenvalue weighted by molar-refractivity contribution is 5.47. The molecule has 0 aliphatic heterocycles. The fourth-order valence-electron chi connectivity index (χ4n) is 1.80. The van der Waals surface area contributed by atoms with Crippen LogP contribution in [0.3, 0.4) is 0 Å². The van der Waals surface area contributed by atoms with Gasteiger partial charge in [-0.1, -0.05) is 12.1 Å². The van der Waals surface area contributed by atoms with Crippen LogP contribution < -0.4 is 5.73 Å². The number of nitrogens with two attached hydrogens (primary N) is 1. The minimum Gasteiger partial charge on any atom is -0.399 e. The number of nitrogens with zero attached hydrogens (tertiary/aromatic N) is 2. The van der Waals surface area contributed by atoms with Crippen molar-refractivity contribution in [3.8, 4) is 0 Å². The van der Waals surface area contributed by atoms with Crippen LogP contribution in [-0.2, 0) is 12.5 Å². The third-order valence-electron chi connectivity index (χ3n) is 3.03. The minimum atomic E-state index is -5.64. The predicted molar refractivity (Wildman–Crippen MR) is 66.9 cm³/mol. The number of aromatic nitrogens is 2. The molecule has 0 aliphatic rings. The lowest BCUT2D eigenvalue weighted by atomic mass is 10.1. The Balaban J connectivity index is 2.22. The maximum atomic E-state index is 13.1. The number of halogens is 5. The van der Waals surface area contributed by atoms with E-state index in [-0.39, 0.29) is 6.54 Å². The van der Waals surface area contributed by atoms with Crippen molar-refractivity contribution in [2.24, 2.45) is 0 Å². The molecule has 1 heterocycles. The van der Waals surface area contributed by atoms with Crippen molar-refractivity contribution in [2.75, 3.05) is 5.73 Å². The number of hydrogen-bond acceptors (Lipinski definition) is 2. The smallest absolute Gasteiger partial charge is 0.399 e. The highest BCUT2D eigenvalue weighted by Crippen LogP contribution is 2.43. The zero-order valence-electron chi connectivity index (χ0n) is 11.0. The van der Waals surface area contributed by atoms with E-state index in [1.54, 1.807) is 25.1 Å². The van der Waals surface area contributed by atoms with Crippen molar-refractivity contribution < 1.29 is 22.0 Å². The van der Waals surface area contributed by atoms with E-state index in [1.807, 2.05) is 0 Å². The van der Waals surface area contributed by atoms with Crippen molar-refractivity contribution >= 4 is 5.69 Å². The summed E-state index contributed by atoms with van der Waals surface area (Å²) in [5, 5.41) is 3.55. The van der Waals surface area contributed by atoms with Crippen LogP contribution in [0.4, 0.5) is 27.6 Å². The summed E-state index contributed by atoms with van der Waals surface area (Å²) in [5.74, 6) is -4.91. The molecule has 1 aromatic carbocycles. The van der Waals surface area contributed by atoms with Gasteiger partial charge in [0.1, 0.15) is 0 Å². The van der Waals surface area contributed by atoms with Gasteiger partial charge in [-0.05, 0) is 24.1 Å². The summed E-state index contributed by atoms with van der Waals surface area (Å²) in [5.41, 5.74) is 6.53. The lowest BCUT2D eigenvalue weighted by Crippen LogP contribution is -2.33. The average molecular weight is 305 g/mol. The van der Waals surface area contributed by atoms with E-state index in [4.69, 9.17) is 5.73 Å². The summed E-state index contributed by atoms with van der Waals surface area (Å²) in [6.45, 7) is 1.85. The Kier molecular flexibility index (Phi) is 3.65. The van der Waals surface area contributed by atoms with Gasteiger partial charge in [0.2, 0.25) is 0 Å². The number of aryl methyl sites for hydroxylation is 1. The number of benzene rings is 1. The van der Waals surface area contributed by atoms with Gasteiger partial charge in [-0.2, -0.15) is 27.1 Å². The first-order chi connectivity index (χ1) is 9.61. The Bertz CT molecular complexity index is 645. The molecular formula is C13H12F5N3. The van der Waals surface area contributed by atoms with Crippen LogP contribution in [0.15, 0.2) is 30.6 Å². The predicted octanol–water partition coefficient (Wildman–Crippen LogP) is 3.48. The first-order valence-electron chi connectivity index (χ1n) is 5.94. The van der Waals surface area contributed by atoms with Gasteiger partial charge in [0.25, 0.3) is 0 Å². The quantitative estimate of drug-likeness (QED) is 0.697.